The van der Waals surface area contributed by atoms with Gasteiger partial charge >= 0.3 is 0 Å². The van der Waals surface area contributed by atoms with Crippen molar-refractivity contribution in [3.8, 4) is 11.5 Å². The standard InChI is InChI=1S/C18H25N3O2/c1-4-21(10-7-14-5-8-20-9-6-14)13-15-11-16(19)12-17(22-2)18(15)23-3/h5-6,8-9,11-12H,4,7,10,13,19H2,1-3H3. The monoisotopic (exact) mass is 315 g/mol. The predicted molar refractivity (Wildman–Crippen MR) is 92.9 cm³/mol. The molecule has 2 aromatic rings. The molecule has 0 bridgehead atoms. The van der Waals surface area contributed by atoms with E-state index in [2.05, 4.69) is 28.9 Å². The topological polar surface area (TPSA) is 60.6 Å². The number of likely N-dealkylation sites (N-methyl/N-ethyl adjacent to an activating group) is 1. The normalized spacial score (nSPS) is 10.8. The number of hydrogen-bond acceptors (Lipinski definition) is 5. The Labute approximate surface area is 138 Å². The number of hydrogen-bond donors (Lipinski definition) is 1. The highest BCUT2D eigenvalue weighted by molar-refractivity contribution is 5.57. The van der Waals surface area contributed by atoms with Crippen LogP contribution in [0.25, 0.3) is 0 Å². The third kappa shape index (κ3) is 4.60. The molecule has 0 amide bonds. The highest BCUT2D eigenvalue weighted by Gasteiger charge is 2.14. The number of benzene rings is 1. The Hall–Kier alpha value is -2.27. The van der Waals surface area contributed by atoms with Gasteiger partial charge in [-0.05, 0) is 36.7 Å². The number of anilines is 1. The Balaban J connectivity index is 2.10. The molecule has 1 heterocycles. The van der Waals surface area contributed by atoms with Gasteiger partial charge in [-0.3, -0.25) is 9.88 Å². The van der Waals surface area contributed by atoms with Gasteiger partial charge in [0.05, 0.1) is 14.2 Å². The van der Waals surface area contributed by atoms with Crippen LogP contribution in [0.3, 0.4) is 0 Å². The lowest BCUT2D eigenvalue weighted by molar-refractivity contribution is 0.275. The molecule has 5 heteroatoms. The summed E-state index contributed by atoms with van der Waals surface area (Å²) in [6.45, 7) is 4.83. The molecule has 1 aromatic carbocycles. The zero-order valence-electron chi connectivity index (χ0n) is 14.1. The van der Waals surface area contributed by atoms with Gasteiger partial charge in [-0.15, -0.1) is 0 Å². The summed E-state index contributed by atoms with van der Waals surface area (Å²) in [7, 11) is 3.28. The Morgan fingerprint density at radius 1 is 1.13 bits per heavy atom. The fraction of sp³-hybridized carbons (Fsp3) is 0.389. The van der Waals surface area contributed by atoms with Crippen molar-refractivity contribution in [2.45, 2.75) is 19.9 Å². The summed E-state index contributed by atoms with van der Waals surface area (Å²) in [6.07, 6.45) is 4.65. The highest BCUT2D eigenvalue weighted by atomic mass is 16.5. The number of ether oxygens (including phenoxy) is 2. The van der Waals surface area contributed by atoms with E-state index in [4.69, 9.17) is 15.2 Å². The number of aromatic nitrogens is 1. The lowest BCUT2D eigenvalue weighted by atomic mass is 10.1. The van der Waals surface area contributed by atoms with Crippen molar-refractivity contribution in [3.63, 3.8) is 0 Å². The van der Waals surface area contributed by atoms with E-state index >= 15 is 0 Å². The summed E-state index contributed by atoms with van der Waals surface area (Å²) in [5.74, 6) is 1.43. The SMILES string of the molecule is CCN(CCc1ccncc1)Cc1cc(N)cc(OC)c1OC. The van der Waals surface area contributed by atoms with Crippen molar-refractivity contribution in [3.05, 3.63) is 47.8 Å². The van der Waals surface area contributed by atoms with E-state index in [1.54, 1.807) is 20.3 Å². The fourth-order valence-corrected chi connectivity index (χ4v) is 2.61. The molecule has 0 aliphatic carbocycles. The summed E-state index contributed by atoms with van der Waals surface area (Å²) in [4.78, 5) is 6.41. The van der Waals surface area contributed by atoms with Gasteiger partial charge in [-0.2, -0.15) is 0 Å². The van der Waals surface area contributed by atoms with Gasteiger partial charge in [0, 0.05) is 42.8 Å². The molecule has 2 rings (SSSR count). The smallest absolute Gasteiger partial charge is 0.165 e. The van der Waals surface area contributed by atoms with Gasteiger partial charge in [0.25, 0.3) is 0 Å². The maximum atomic E-state index is 5.98. The minimum absolute atomic E-state index is 0.674. The zero-order valence-corrected chi connectivity index (χ0v) is 14.1. The first-order valence-corrected chi connectivity index (χ1v) is 7.79. The minimum atomic E-state index is 0.674. The van der Waals surface area contributed by atoms with Gasteiger partial charge in [0.15, 0.2) is 11.5 Å². The van der Waals surface area contributed by atoms with Gasteiger partial charge < -0.3 is 15.2 Å². The molecule has 2 N–H and O–H groups in total. The van der Waals surface area contributed by atoms with Crippen LogP contribution in [0.2, 0.25) is 0 Å². The average Bonchev–Trinajstić information content (AvgIpc) is 2.58. The molecule has 0 aliphatic heterocycles. The van der Waals surface area contributed by atoms with Crippen LogP contribution in [-0.2, 0) is 13.0 Å². The highest BCUT2D eigenvalue weighted by Crippen LogP contribution is 2.34. The van der Waals surface area contributed by atoms with E-state index in [-0.39, 0.29) is 0 Å². The van der Waals surface area contributed by atoms with E-state index in [1.807, 2.05) is 18.5 Å². The Morgan fingerprint density at radius 3 is 2.48 bits per heavy atom. The first kappa shape index (κ1) is 17.1. The number of nitrogen functional groups attached to an aromatic ring is 1. The largest absolute Gasteiger partial charge is 0.493 e. The summed E-state index contributed by atoms with van der Waals surface area (Å²) < 4.78 is 10.9. The number of methoxy groups -OCH3 is 2. The van der Waals surface area contributed by atoms with Crippen molar-refractivity contribution in [2.75, 3.05) is 33.0 Å². The molecule has 0 saturated carbocycles. The molecule has 0 atom stereocenters. The third-order valence-electron chi connectivity index (χ3n) is 3.89. The number of pyridine rings is 1. The minimum Gasteiger partial charge on any atom is -0.493 e. The van der Waals surface area contributed by atoms with E-state index in [1.165, 1.54) is 5.56 Å². The molecule has 0 unspecified atom stereocenters. The molecule has 0 aliphatic rings. The molecular formula is C18H25N3O2. The molecule has 124 valence electrons. The van der Waals surface area contributed by atoms with Crippen molar-refractivity contribution in [1.29, 1.82) is 0 Å². The van der Waals surface area contributed by atoms with Crippen molar-refractivity contribution >= 4 is 5.69 Å². The quantitative estimate of drug-likeness (QED) is 0.759. The summed E-state index contributed by atoms with van der Waals surface area (Å²) in [6, 6.07) is 7.85. The van der Waals surface area contributed by atoms with E-state index in [9.17, 15) is 0 Å². The maximum absolute atomic E-state index is 5.98. The fourth-order valence-electron chi connectivity index (χ4n) is 2.61. The summed E-state index contributed by atoms with van der Waals surface area (Å²) in [5.41, 5.74) is 8.99. The van der Waals surface area contributed by atoms with Crippen molar-refractivity contribution in [1.82, 2.24) is 9.88 Å². The van der Waals surface area contributed by atoms with E-state index < -0.39 is 0 Å². The maximum Gasteiger partial charge on any atom is 0.165 e. The molecule has 5 nitrogen and oxygen atoms in total. The van der Waals surface area contributed by atoms with Crippen LogP contribution in [0, 0.1) is 0 Å². The predicted octanol–water partition coefficient (Wildman–Crippen LogP) is 2.75. The number of nitrogens with two attached hydrogens (primary N) is 1. The number of rotatable bonds is 8. The number of nitrogens with zero attached hydrogens (tertiary/aromatic N) is 2. The van der Waals surface area contributed by atoms with Crippen LogP contribution in [0.5, 0.6) is 11.5 Å². The molecule has 23 heavy (non-hydrogen) atoms. The van der Waals surface area contributed by atoms with E-state index in [0.29, 0.717) is 11.4 Å². The van der Waals surface area contributed by atoms with Crippen LogP contribution in [-0.4, -0.2) is 37.2 Å². The second-order valence-electron chi connectivity index (χ2n) is 5.39. The Morgan fingerprint density at radius 2 is 1.87 bits per heavy atom. The van der Waals surface area contributed by atoms with Crippen LogP contribution in [0.4, 0.5) is 5.69 Å². The lowest BCUT2D eigenvalue weighted by Crippen LogP contribution is -2.25. The Kier molecular flexibility index (Phi) is 6.23. The summed E-state index contributed by atoms with van der Waals surface area (Å²) in [5, 5.41) is 0. The van der Waals surface area contributed by atoms with Gasteiger partial charge in [-0.1, -0.05) is 6.92 Å². The van der Waals surface area contributed by atoms with E-state index in [0.717, 1.165) is 37.4 Å². The lowest BCUT2D eigenvalue weighted by Gasteiger charge is -2.23. The first-order chi connectivity index (χ1) is 11.2. The van der Waals surface area contributed by atoms with Crippen molar-refractivity contribution in [2.24, 2.45) is 0 Å². The molecule has 1 aromatic heterocycles. The zero-order chi connectivity index (χ0) is 16.7. The molecule has 0 saturated heterocycles. The second-order valence-corrected chi connectivity index (χ2v) is 5.39. The van der Waals surface area contributed by atoms with Gasteiger partial charge in [-0.25, -0.2) is 0 Å². The van der Waals surface area contributed by atoms with Gasteiger partial charge in [0.1, 0.15) is 0 Å². The van der Waals surface area contributed by atoms with Gasteiger partial charge in [0.2, 0.25) is 0 Å². The summed E-state index contributed by atoms with van der Waals surface area (Å²) >= 11 is 0. The first-order valence-electron chi connectivity index (χ1n) is 7.79. The van der Waals surface area contributed by atoms with Crippen LogP contribution < -0.4 is 15.2 Å². The molecular weight excluding hydrogens is 290 g/mol. The third-order valence-corrected chi connectivity index (χ3v) is 3.89. The molecule has 0 fully saturated rings. The molecule has 0 spiro atoms. The van der Waals surface area contributed by atoms with Crippen LogP contribution >= 0.6 is 0 Å². The van der Waals surface area contributed by atoms with Crippen LogP contribution in [0.15, 0.2) is 36.7 Å². The van der Waals surface area contributed by atoms with Crippen molar-refractivity contribution < 1.29 is 9.47 Å². The average molecular weight is 315 g/mol. The molecule has 0 radical (unpaired) electrons. The Bertz CT molecular complexity index is 617. The second kappa shape index (κ2) is 8.39. The van der Waals surface area contributed by atoms with Crippen LogP contribution in [0.1, 0.15) is 18.1 Å².